The first kappa shape index (κ1) is 23.4. The molecule has 170 valence electrons. The number of rotatable bonds is 6. The standard InChI is InChI=1S/C24H28N2O5S/c1-13-8-14(2)10-16(9-13)26-15(3)21(23(27)31-7)22(25-24(26)32)17-11-19(29-5)20(30-6)12-18(17)28-4/h8-12,22H,1-7H3,(H,25,32)/t22-/m1/s1. The van der Waals surface area contributed by atoms with Gasteiger partial charge in [0.1, 0.15) is 5.75 Å². The zero-order valence-corrected chi connectivity index (χ0v) is 20.2. The fourth-order valence-electron chi connectivity index (χ4n) is 4.02. The van der Waals surface area contributed by atoms with Gasteiger partial charge in [-0.3, -0.25) is 4.90 Å². The Morgan fingerprint density at radius 2 is 1.44 bits per heavy atom. The Hall–Kier alpha value is -3.26. The summed E-state index contributed by atoms with van der Waals surface area (Å²) < 4.78 is 21.6. The molecule has 1 aliphatic rings. The quantitative estimate of drug-likeness (QED) is 0.512. The van der Waals surface area contributed by atoms with Gasteiger partial charge in [0.15, 0.2) is 16.6 Å². The number of nitrogens with one attached hydrogen (secondary N) is 1. The van der Waals surface area contributed by atoms with E-state index < -0.39 is 12.0 Å². The van der Waals surface area contributed by atoms with Gasteiger partial charge in [-0.05, 0) is 62.3 Å². The molecule has 0 aliphatic carbocycles. The average molecular weight is 457 g/mol. The zero-order valence-electron chi connectivity index (χ0n) is 19.4. The second-order valence-corrected chi connectivity index (χ2v) is 7.89. The van der Waals surface area contributed by atoms with Crippen LogP contribution >= 0.6 is 12.2 Å². The van der Waals surface area contributed by atoms with E-state index in [1.807, 2.05) is 37.8 Å². The average Bonchev–Trinajstić information content (AvgIpc) is 2.76. The van der Waals surface area contributed by atoms with E-state index in [1.165, 1.54) is 7.11 Å². The molecule has 0 unspecified atom stereocenters. The van der Waals surface area contributed by atoms with Gasteiger partial charge < -0.3 is 24.3 Å². The molecule has 1 heterocycles. The highest BCUT2D eigenvalue weighted by atomic mass is 32.1. The molecule has 2 aromatic carbocycles. The van der Waals surface area contributed by atoms with E-state index in [4.69, 9.17) is 31.2 Å². The Morgan fingerprint density at radius 1 is 0.875 bits per heavy atom. The van der Waals surface area contributed by atoms with E-state index in [-0.39, 0.29) is 0 Å². The number of nitrogens with zero attached hydrogens (tertiary/aromatic N) is 1. The number of anilines is 1. The molecule has 0 saturated heterocycles. The van der Waals surface area contributed by atoms with Crippen molar-refractivity contribution in [2.45, 2.75) is 26.8 Å². The first-order chi connectivity index (χ1) is 15.2. The highest BCUT2D eigenvalue weighted by Crippen LogP contribution is 2.42. The molecule has 1 atom stereocenters. The molecule has 3 rings (SSSR count). The molecule has 2 aromatic rings. The number of ether oxygens (including phenoxy) is 4. The number of methoxy groups -OCH3 is 4. The molecular formula is C24H28N2O5S. The first-order valence-electron chi connectivity index (χ1n) is 10.0. The summed E-state index contributed by atoms with van der Waals surface area (Å²) in [6.07, 6.45) is 0. The summed E-state index contributed by atoms with van der Waals surface area (Å²) in [5.74, 6) is 1.09. The predicted octanol–water partition coefficient (Wildman–Crippen LogP) is 4.21. The van der Waals surface area contributed by atoms with E-state index in [0.717, 1.165) is 16.8 Å². The lowest BCUT2D eigenvalue weighted by molar-refractivity contribution is -0.136. The van der Waals surface area contributed by atoms with E-state index in [2.05, 4.69) is 11.4 Å². The zero-order chi connectivity index (χ0) is 23.6. The molecule has 0 amide bonds. The number of carbonyl (C=O) groups is 1. The van der Waals surface area contributed by atoms with Crippen LogP contribution in [0.5, 0.6) is 17.2 Å². The van der Waals surface area contributed by atoms with Crippen LogP contribution < -0.4 is 24.4 Å². The molecule has 0 saturated carbocycles. The summed E-state index contributed by atoms with van der Waals surface area (Å²) >= 11 is 5.75. The summed E-state index contributed by atoms with van der Waals surface area (Å²) in [7, 11) is 6.02. The van der Waals surface area contributed by atoms with Gasteiger partial charge >= 0.3 is 5.97 Å². The fourth-order valence-corrected chi connectivity index (χ4v) is 4.38. The third-order valence-corrected chi connectivity index (χ3v) is 5.70. The maximum Gasteiger partial charge on any atom is 0.337 e. The van der Waals surface area contributed by atoms with Crippen LogP contribution in [0, 0.1) is 13.8 Å². The van der Waals surface area contributed by atoms with Crippen LogP contribution in [-0.2, 0) is 9.53 Å². The van der Waals surface area contributed by atoms with Crippen molar-refractivity contribution < 1.29 is 23.7 Å². The summed E-state index contributed by atoms with van der Waals surface area (Å²) in [5, 5.41) is 3.76. The molecular weight excluding hydrogens is 428 g/mol. The van der Waals surface area contributed by atoms with Crippen LogP contribution in [0.1, 0.15) is 29.7 Å². The molecule has 0 fully saturated rings. The second kappa shape index (κ2) is 9.48. The summed E-state index contributed by atoms with van der Waals surface area (Å²) in [6, 6.07) is 9.03. The number of esters is 1. The Labute approximate surface area is 193 Å². The number of hydrogen-bond acceptors (Lipinski definition) is 6. The highest BCUT2D eigenvalue weighted by molar-refractivity contribution is 7.80. The minimum absolute atomic E-state index is 0.422. The Morgan fingerprint density at radius 3 is 1.97 bits per heavy atom. The smallest absolute Gasteiger partial charge is 0.337 e. The van der Waals surface area contributed by atoms with Crippen LogP contribution in [0.4, 0.5) is 5.69 Å². The Balaban J connectivity index is 2.24. The molecule has 0 aromatic heterocycles. The predicted molar refractivity (Wildman–Crippen MR) is 128 cm³/mol. The lowest BCUT2D eigenvalue weighted by Gasteiger charge is -2.38. The van der Waals surface area contributed by atoms with Crippen LogP contribution in [0.3, 0.4) is 0 Å². The van der Waals surface area contributed by atoms with Gasteiger partial charge in [0.05, 0.1) is 40.1 Å². The minimum atomic E-state index is -0.605. The number of thiocarbonyl (C=S) groups is 1. The van der Waals surface area contributed by atoms with Crippen LogP contribution in [0.2, 0.25) is 0 Å². The van der Waals surface area contributed by atoms with E-state index in [0.29, 0.717) is 39.2 Å². The van der Waals surface area contributed by atoms with Crippen LogP contribution in [0.15, 0.2) is 41.6 Å². The molecule has 32 heavy (non-hydrogen) atoms. The molecule has 0 spiro atoms. The summed E-state index contributed by atoms with van der Waals surface area (Å²) in [4.78, 5) is 14.8. The lowest BCUT2D eigenvalue weighted by atomic mass is 9.93. The van der Waals surface area contributed by atoms with Gasteiger partial charge in [0, 0.05) is 23.0 Å². The topological polar surface area (TPSA) is 69.3 Å². The van der Waals surface area contributed by atoms with E-state index >= 15 is 0 Å². The van der Waals surface area contributed by atoms with Crippen molar-refractivity contribution in [3.05, 3.63) is 58.3 Å². The molecule has 0 radical (unpaired) electrons. The third-order valence-electron chi connectivity index (χ3n) is 5.40. The van der Waals surface area contributed by atoms with E-state index in [1.54, 1.807) is 33.5 Å². The van der Waals surface area contributed by atoms with Crippen molar-refractivity contribution in [2.24, 2.45) is 0 Å². The second-order valence-electron chi connectivity index (χ2n) is 7.50. The van der Waals surface area contributed by atoms with Gasteiger partial charge in [-0.2, -0.15) is 0 Å². The molecule has 8 heteroatoms. The highest BCUT2D eigenvalue weighted by Gasteiger charge is 2.37. The lowest BCUT2D eigenvalue weighted by Crippen LogP contribution is -2.48. The van der Waals surface area contributed by atoms with Crippen molar-refractivity contribution in [3.63, 3.8) is 0 Å². The van der Waals surface area contributed by atoms with Gasteiger partial charge in [-0.1, -0.05) is 6.07 Å². The van der Waals surface area contributed by atoms with Gasteiger partial charge in [-0.15, -0.1) is 0 Å². The van der Waals surface area contributed by atoms with Gasteiger partial charge in [0.2, 0.25) is 0 Å². The maximum atomic E-state index is 13.0. The van der Waals surface area contributed by atoms with Crippen molar-refractivity contribution in [2.75, 3.05) is 33.3 Å². The Bertz CT molecular complexity index is 1080. The maximum absolute atomic E-state index is 13.0. The molecule has 1 aliphatic heterocycles. The van der Waals surface area contributed by atoms with Crippen LogP contribution in [0.25, 0.3) is 0 Å². The van der Waals surface area contributed by atoms with Crippen molar-refractivity contribution in [1.29, 1.82) is 0 Å². The number of benzene rings is 2. The molecule has 1 N–H and O–H groups in total. The number of hydrogen-bond donors (Lipinski definition) is 1. The normalized spacial score (nSPS) is 15.9. The first-order valence-corrected chi connectivity index (χ1v) is 10.4. The van der Waals surface area contributed by atoms with Gasteiger partial charge in [-0.25, -0.2) is 4.79 Å². The number of aryl methyl sites for hydroxylation is 2. The van der Waals surface area contributed by atoms with Crippen molar-refractivity contribution in [3.8, 4) is 17.2 Å². The number of carbonyl (C=O) groups excluding carboxylic acids is 1. The summed E-state index contributed by atoms with van der Waals surface area (Å²) in [5.41, 5.74) is 4.83. The van der Waals surface area contributed by atoms with Crippen LogP contribution in [-0.4, -0.2) is 39.5 Å². The molecule has 7 nitrogen and oxygen atoms in total. The third kappa shape index (κ3) is 4.23. The monoisotopic (exact) mass is 456 g/mol. The fraction of sp³-hybridized carbons (Fsp3) is 0.333. The van der Waals surface area contributed by atoms with Crippen molar-refractivity contribution >= 4 is 29.0 Å². The van der Waals surface area contributed by atoms with Gasteiger partial charge in [0.25, 0.3) is 0 Å². The largest absolute Gasteiger partial charge is 0.496 e. The minimum Gasteiger partial charge on any atom is -0.496 e. The van der Waals surface area contributed by atoms with E-state index in [9.17, 15) is 4.79 Å². The number of allylic oxidation sites excluding steroid dienone is 1. The molecule has 0 bridgehead atoms. The van der Waals surface area contributed by atoms with Crippen molar-refractivity contribution in [1.82, 2.24) is 5.32 Å². The SMILES string of the molecule is COC(=O)C1=C(C)N(c2cc(C)cc(C)c2)C(=S)N[C@@H]1c1cc(OC)c(OC)cc1OC. The summed E-state index contributed by atoms with van der Waals surface area (Å²) in [6.45, 7) is 5.90. The Kier molecular flexibility index (Phi) is 6.93.